The average Bonchev–Trinajstić information content (AvgIpc) is 3.24. The average molecular weight is 549 g/mol. The molecule has 2 aromatic carbocycles. The molecular formula is C30H33ClN4O4. The van der Waals surface area contributed by atoms with Crippen molar-refractivity contribution >= 4 is 23.4 Å². The highest BCUT2D eigenvalue weighted by atomic mass is 35.5. The number of benzene rings is 2. The Kier molecular flexibility index (Phi) is 7.98. The van der Waals surface area contributed by atoms with Crippen molar-refractivity contribution in [1.82, 2.24) is 20.2 Å². The molecule has 3 heterocycles. The summed E-state index contributed by atoms with van der Waals surface area (Å²) in [7, 11) is 0. The van der Waals surface area contributed by atoms with Crippen LogP contribution in [0.15, 0.2) is 48.7 Å². The molecule has 39 heavy (non-hydrogen) atoms. The van der Waals surface area contributed by atoms with Crippen LogP contribution in [0.3, 0.4) is 0 Å². The van der Waals surface area contributed by atoms with E-state index in [0.717, 1.165) is 60.6 Å². The lowest BCUT2D eigenvalue weighted by molar-refractivity contribution is -0.123. The Morgan fingerprint density at radius 2 is 2.00 bits per heavy atom. The number of aromatic nitrogens is 2. The minimum atomic E-state index is -0.669. The molecule has 0 spiro atoms. The van der Waals surface area contributed by atoms with Gasteiger partial charge in [0.2, 0.25) is 5.91 Å². The summed E-state index contributed by atoms with van der Waals surface area (Å²) in [5, 5.41) is 12.9. The SMILES string of the molecule is CC(C)(NC(=O)CN1Cc2ccc(-c3nc(CC4CCOCC4)ncc3Cl)cc2C1=O)c1cccc(CO)c1. The predicted octanol–water partition coefficient (Wildman–Crippen LogP) is 4.27. The maximum Gasteiger partial charge on any atom is 0.254 e. The van der Waals surface area contributed by atoms with Gasteiger partial charge in [0.15, 0.2) is 0 Å². The van der Waals surface area contributed by atoms with Crippen LogP contribution < -0.4 is 5.32 Å². The lowest BCUT2D eigenvalue weighted by atomic mass is 9.93. The molecule has 0 radical (unpaired) electrons. The second kappa shape index (κ2) is 11.4. The second-order valence-electron chi connectivity index (χ2n) is 10.8. The largest absolute Gasteiger partial charge is 0.392 e. The lowest BCUT2D eigenvalue weighted by Gasteiger charge is -2.28. The van der Waals surface area contributed by atoms with Gasteiger partial charge in [-0.15, -0.1) is 0 Å². The topological polar surface area (TPSA) is 105 Å². The normalized spacial score (nSPS) is 15.9. The van der Waals surface area contributed by atoms with Crippen LogP contribution >= 0.6 is 11.6 Å². The van der Waals surface area contributed by atoms with E-state index in [-0.39, 0.29) is 25.0 Å². The number of carbonyl (C=O) groups excluding carboxylic acids is 2. The van der Waals surface area contributed by atoms with Gasteiger partial charge in [0.1, 0.15) is 12.4 Å². The molecule has 0 saturated carbocycles. The van der Waals surface area contributed by atoms with Crippen molar-refractivity contribution in [3.05, 3.63) is 81.8 Å². The third kappa shape index (κ3) is 6.13. The third-order valence-corrected chi connectivity index (χ3v) is 7.76. The molecule has 0 atom stereocenters. The number of aliphatic hydroxyl groups excluding tert-OH is 1. The molecule has 3 aromatic rings. The Bertz CT molecular complexity index is 1390. The van der Waals surface area contributed by atoms with Crippen LogP contribution in [0.25, 0.3) is 11.3 Å². The number of halogens is 1. The number of carbonyl (C=O) groups is 2. The quantitative estimate of drug-likeness (QED) is 0.436. The molecule has 1 aromatic heterocycles. The van der Waals surface area contributed by atoms with Gasteiger partial charge in [-0.05, 0) is 55.4 Å². The molecule has 5 rings (SSSR count). The number of rotatable bonds is 8. The molecule has 9 heteroatoms. The molecule has 2 aliphatic heterocycles. The number of hydrogen-bond donors (Lipinski definition) is 2. The molecule has 8 nitrogen and oxygen atoms in total. The smallest absolute Gasteiger partial charge is 0.254 e. The number of amides is 2. The van der Waals surface area contributed by atoms with Crippen molar-refractivity contribution in [3.8, 4) is 11.3 Å². The van der Waals surface area contributed by atoms with E-state index < -0.39 is 5.54 Å². The summed E-state index contributed by atoms with van der Waals surface area (Å²) in [5.74, 6) is 0.762. The van der Waals surface area contributed by atoms with Gasteiger partial charge in [-0.2, -0.15) is 0 Å². The van der Waals surface area contributed by atoms with Crippen LogP contribution in [-0.2, 0) is 34.6 Å². The second-order valence-corrected chi connectivity index (χ2v) is 11.2. The first kappa shape index (κ1) is 27.2. The maximum atomic E-state index is 13.3. The number of nitrogens with one attached hydrogen (secondary N) is 1. The number of nitrogens with zero attached hydrogens (tertiary/aromatic N) is 3. The van der Waals surface area contributed by atoms with Crippen molar-refractivity contribution in [1.29, 1.82) is 0 Å². The Hall–Kier alpha value is -3.33. The molecule has 2 aliphatic rings. The molecule has 2 amide bonds. The Labute approximate surface area is 233 Å². The van der Waals surface area contributed by atoms with Crippen molar-refractivity contribution in [2.75, 3.05) is 19.8 Å². The third-order valence-electron chi connectivity index (χ3n) is 7.49. The van der Waals surface area contributed by atoms with Crippen molar-refractivity contribution in [2.45, 2.75) is 51.8 Å². The molecule has 2 N–H and O–H groups in total. The summed E-state index contributed by atoms with van der Waals surface area (Å²) in [6, 6.07) is 13.1. The van der Waals surface area contributed by atoms with Gasteiger partial charge >= 0.3 is 0 Å². The van der Waals surface area contributed by atoms with E-state index >= 15 is 0 Å². The highest BCUT2D eigenvalue weighted by Crippen LogP contribution is 2.32. The van der Waals surface area contributed by atoms with E-state index in [9.17, 15) is 14.7 Å². The molecule has 0 aliphatic carbocycles. The molecular weight excluding hydrogens is 516 g/mol. The van der Waals surface area contributed by atoms with Crippen LogP contribution in [0, 0.1) is 5.92 Å². The first-order chi connectivity index (χ1) is 18.7. The molecule has 1 saturated heterocycles. The van der Waals surface area contributed by atoms with E-state index in [2.05, 4.69) is 10.3 Å². The van der Waals surface area contributed by atoms with Crippen molar-refractivity contribution in [3.63, 3.8) is 0 Å². The fourth-order valence-corrected chi connectivity index (χ4v) is 5.44. The summed E-state index contributed by atoms with van der Waals surface area (Å²) in [5.41, 5.74) is 3.74. The zero-order valence-electron chi connectivity index (χ0n) is 22.2. The Morgan fingerprint density at radius 1 is 1.21 bits per heavy atom. The van der Waals surface area contributed by atoms with E-state index in [4.69, 9.17) is 21.3 Å². The predicted molar refractivity (Wildman–Crippen MR) is 148 cm³/mol. The fraction of sp³-hybridized carbons (Fsp3) is 0.400. The first-order valence-electron chi connectivity index (χ1n) is 13.3. The standard InChI is InChI=1S/C30H33ClN4O4/c1-30(2,23-5-3-4-20(12-23)18-36)34-27(37)17-35-16-22-7-6-21(14-24(22)29(35)38)28-25(31)15-32-26(33-28)13-19-8-10-39-11-9-19/h3-7,12,14-15,19,36H,8-11,13,16-18H2,1-2H3,(H,34,37). The van der Waals surface area contributed by atoms with E-state index in [1.54, 1.807) is 11.1 Å². The van der Waals surface area contributed by atoms with Gasteiger partial charge in [-0.3, -0.25) is 9.59 Å². The highest BCUT2D eigenvalue weighted by molar-refractivity contribution is 6.32. The minimum absolute atomic E-state index is 0.0600. The Balaban J connectivity index is 1.28. The number of ether oxygens (including phenoxy) is 1. The van der Waals surface area contributed by atoms with Gasteiger partial charge in [-0.25, -0.2) is 9.97 Å². The van der Waals surface area contributed by atoms with Crippen molar-refractivity contribution < 1.29 is 19.4 Å². The highest BCUT2D eigenvalue weighted by Gasteiger charge is 2.31. The summed E-state index contributed by atoms with van der Waals surface area (Å²) < 4.78 is 5.46. The monoisotopic (exact) mass is 548 g/mol. The summed E-state index contributed by atoms with van der Waals surface area (Å²) in [6.07, 6.45) is 4.37. The van der Waals surface area contributed by atoms with E-state index in [1.807, 2.05) is 56.3 Å². The molecule has 0 bridgehead atoms. The lowest BCUT2D eigenvalue weighted by Crippen LogP contribution is -2.46. The van der Waals surface area contributed by atoms with Crippen LogP contribution in [0.1, 0.15) is 59.6 Å². The van der Waals surface area contributed by atoms with E-state index in [0.29, 0.717) is 28.7 Å². The number of hydrogen-bond acceptors (Lipinski definition) is 6. The first-order valence-corrected chi connectivity index (χ1v) is 13.6. The summed E-state index contributed by atoms with van der Waals surface area (Å²) in [4.78, 5) is 37.0. The summed E-state index contributed by atoms with van der Waals surface area (Å²) >= 11 is 6.48. The van der Waals surface area contributed by atoms with Gasteiger partial charge in [0, 0.05) is 43.5 Å². The molecule has 204 valence electrons. The van der Waals surface area contributed by atoms with Crippen LogP contribution in [0.4, 0.5) is 0 Å². The molecule has 1 fully saturated rings. The van der Waals surface area contributed by atoms with Gasteiger partial charge in [-0.1, -0.05) is 48.0 Å². The maximum absolute atomic E-state index is 13.3. The number of fused-ring (bicyclic) bond motifs is 1. The zero-order valence-corrected chi connectivity index (χ0v) is 23.0. The molecule has 0 unspecified atom stereocenters. The Morgan fingerprint density at radius 3 is 2.77 bits per heavy atom. The van der Waals surface area contributed by atoms with Crippen LogP contribution in [0.5, 0.6) is 0 Å². The van der Waals surface area contributed by atoms with Crippen LogP contribution in [0.2, 0.25) is 5.02 Å². The van der Waals surface area contributed by atoms with E-state index in [1.165, 1.54) is 0 Å². The minimum Gasteiger partial charge on any atom is -0.392 e. The number of aliphatic hydroxyl groups is 1. The summed E-state index contributed by atoms with van der Waals surface area (Å²) in [6.45, 7) is 5.55. The van der Waals surface area contributed by atoms with Crippen molar-refractivity contribution in [2.24, 2.45) is 5.92 Å². The van der Waals surface area contributed by atoms with Gasteiger partial charge < -0.3 is 20.1 Å². The van der Waals surface area contributed by atoms with Gasteiger partial charge in [0.25, 0.3) is 5.91 Å². The fourth-order valence-electron chi connectivity index (χ4n) is 5.24. The van der Waals surface area contributed by atoms with Crippen LogP contribution in [-0.4, -0.2) is 51.5 Å². The van der Waals surface area contributed by atoms with Gasteiger partial charge in [0.05, 0.1) is 22.9 Å². The zero-order chi connectivity index (χ0) is 27.6.